The molecular weight excluding hydrogens is 356 g/mol. The van der Waals surface area contributed by atoms with Crippen molar-refractivity contribution < 1.29 is 14.3 Å². The maximum absolute atomic E-state index is 12.0. The molecular formula is C14H17BrN2O3S. The van der Waals surface area contributed by atoms with Crippen LogP contribution in [0, 0.1) is 0 Å². The molecule has 7 heteroatoms. The highest BCUT2D eigenvalue weighted by molar-refractivity contribution is 9.10. The summed E-state index contributed by atoms with van der Waals surface area (Å²) in [6, 6.07) is 5.06. The van der Waals surface area contributed by atoms with Gasteiger partial charge in [-0.15, -0.1) is 6.58 Å². The van der Waals surface area contributed by atoms with Crippen molar-refractivity contribution in [3.05, 3.63) is 40.9 Å². The van der Waals surface area contributed by atoms with Crippen LogP contribution in [0.15, 0.2) is 35.3 Å². The van der Waals surface area contributed by atoms with E-state index in [1.807, 2.05) is 0 Å². The summed E-state index contributed by atoms with van der Waals surface area (Å²) in [5.41, 5.74) is 0.476. The van der Waals surface area contributed by atoms with E-state index in [9.17, 15) is 4.79 Å². The fourth-order valence-corrected chi connectivity index (χ4v) is 2.05. The molecule has 1 rings (SSSR count). The number of methoxy groups -OCH3 is 1. The molecule has 0 fully saturated rings. The molecule has 0 heterocycles. The van der Waals surface area contributed by atoms with Crippen LogP contribution < -0.4 is 15.4 Å². The van der Waals surface area contributed by atoms with Gasteiger partial charge in [0.1, 0.15) is 12.4 Å². The van der Waals surface area contributed by atoms with Gasteiger partial charge in [-0.05, 0) is 46.3 Å². The molecule has 21 heavy (non-hydrogen) atoms. The third kappa shape index (κ3) is 6.24. The Morgan fingerprint density at radius 3 is 2.86 bits per heavy atom. The number of rotatable bonds is 7. The van der Waals surface area contributed by atoms with Crippen molar-refractivity contribution in [1.82, 2.24) is 10.6 Å². The molecule has 0 saturated carbocycles. The van der Waals surface area contributed by atoms with Crippen LogP contribution in [0.1, 0.15) is 10.4 Å². The first-order valence-electron chi connectivity index (χ1n) is 6.20. The zero-order valence-corrected chi connectivity index (χ0v) is 14.1. The van der Waals surface area contributed by atoms with Crippen LogP contribution in [0.5, 0.6) is 5.75 Å². The summed E-state index contributed by atoms with van der Waals surface area (Å²) >= 11 is 8.35. The molecule has 0 atom stereocenters. The molecule has 0 bridgehead atoms. The van der Waals surface area contributed by atoms with Crippen LogP contribution in [0.3, 0.4) is 0 Å². The van der Waals surface area contributed by atoms with Gasteiger partial charge in [0.25, 0.3) is 5.91 Å². The number of nitrogens with one attached hydrogen (secondary N) is 2. The Hall–Kier alpha value is -1.44. The van der Waals surface area contributed by atoms with Gasteiger partial charge in [-0.2, -0.15) is 0 Å². The lowest BCUT2D eigenvalue weighted by atomic mass is 10.2. The summed E-state index contributed by atoms with van der Waals surface area (Å²) < 4.78 is 11.1. The number of carbonyl (C=O) groups is 1. The Morgan fingerprint density at radius 1 is 1.48 bits per heavy atom. The summed E-state index contributed by atoms with van der Waals surface area (Å²) in [6.07, 6.45) is 1.65. The first kappa shape index (κ1) is 17.6. The maximum atomic E-state index is 12.0. The molecule has 0 aliphatic rings. The lowest BCUT2D eigenvalue weighted by molar-refractivity contribution is 0.0976. The molecule has 0 aliphatic carbocycles. The average molecular weight is 373 g/mol. The summed E-state index contributed by atoms with van der Waals surface area (Å²) in [7, 11) is 1.61. The smallest absolute Gasteiger partial charge is 0.257 e. The molecule has 1 aromatic carbocycles. The second-order valence-corrected chi connectivity index (χ2v) is 5.20. The number of benzene rings is 1. The summed E-state index contributed by atoms with van der Waals surface area (Å²) in [5.74, 6) is 0.358. The molecule has 0 spiro atoms. The fourth-order valence-electron chi connectivity index (χ4n) is 1.38. The van der Waals surface area contributed by atoms with Gasteiger partial charge in [0.15, 0.2) is 5.11 Å². The molecule has 1 aromatic rings. The van der Waals surface area contributed by atoms with Gasteiger partial charge in [-0.25, -0.2) is 0 Å². The number of hydrogen-bond donors (Lipinski definition) is 2. The number of amides is 1. The average Bonchev–Trinajstić information content (AvgIpc) is 2.46. The van der Waals surface area contributed by atoms with Crippen LogP contribution in [-0.4, -0.2) is 37.9 Å². The van der Waals surface area contributed by atoms with Crippen molar-refractivity contribution in [2.75, 3.05) is 26.9 Å². The largest absolute Gasteiger partial charge is 0.490 e. The van der Waals surface area contributed by atoms with E-state index in [4.69, 9.17) is 21.7 Å². The second-order valence-electron chi connectivity index (χ2n) is 3.94. The summed E-state index contributed by atoms with van der Waals surface area (Å²) in [6.45, 7) is 4.99. The number of ether oxygens (including phenoxy) is 2. The van der Waals surface area contributed by atoms with Gasteiger partial charge in [-0.1, -0.05) is 6.08 Å². The molecule has 0 unspecified atom stereocenters. The van der Waals surface area contributed by atoms with E-state index < -0.39 is 0 Å². The van der Waals surface area contributed by atoms with Crippen molar-refractivity contribution in [1.29, 1.82) is 0 Å². The number of hydrogen-bond acceptors (Lipinski definition) is 4. The van der Waals surface area contributed by atoms with E-state index in [0.29, 0.717) is 35.5 Å². The zero-order chi connectivity index (χ0) is 15.7. The molecule has 2 N–H and O–H groups in total. The number of thiocarbonyl (C=S) groups is 1. The van der Waals surface area contributed by atoms with E-state index in [1.54, 1.807) is 31.4 Å². The quantitative estimate of drug-likeness (QED) is 0.436. The molecule has 0 aliphatic heterocycles. The number of carbonyl (C=O) groups excluding carboxylic acids is 1. The lowest BCUT2D eigenvalue weighted by Crippen LogP contribution is -2.39. The Bertz CT molecular complexity index is 523. The van der Waals surface area contributed by atoms with Crippen molar-refractivity contribution in [2.24, 2.45) is 0 Å². The van der Waals surface area contributed by atoms with Crippen LogP contribution in [0.25, 0.3) is 0 Å². The summed E-state index contributed by atoms with van der Waals surface area (Å²) in [5, 5.41) is 5.67. The normalized spacial score (nSPS) is 9.81. The van der Waals surface area contributed by atoms with Gasteiger partial charge in [0, 0.05) is 19.2 Å². The Balaban J connectivity index is 2.63. The monoisotopic (exact) mass is 372 g/mol. The highest BCUT2D eigenvalue weighted by Gasteiger charge is 2.10. The van der Waals surface area contributed by atoms with E-state index in [1.165, 1.54) is 0 Å². The van der Waals surface area contributed by atoms with Gasteiger partial charge in [-0.3, -0.25) is 10.1 Å². The zero-order valence-electron chi connectivity index (χ0n) is 11.6. The predicted octanol–water partition coefficient (Wildman–Crippen LogP) is 2.26. The molecule has 0 aromatic heterocycles. The Labute approximate surface area is 137 Å². The van der Waals surface area contributed by atoms with E-state index in [-0.39, 0.29) is 11.0 Å². The first-order chi connectivity index (χ1) is 10.1. The van der Waals surface area contributed by atoms with Crippen molar-refractivity contribution in [2.45, 2.75) is 0 Å². The Morgan fingerprint density at radius 2 is 2.24 bits per heavy atom. The molecule has 114 valence electrons. The molecule has 1 amide bonds. The van der Waals surface area contributed by atoms with E-state index in [0.717, 1.165) is 0 Å². The third-order valence-corrected chi connectivity index (χ3v) is 3.24. The third-order valence-electron chi connectivity index (χ3n) is 2.37. The SMILES string of the molecule is C=CCNC(=S)NC(=O)c1ccc(OCCOC)c(Br)c1. The van der Waals surface area contributed by atoms with Crippen LogP contribution >= 0.6 is 28.1 Å². The van der Waals surface area contributed by atoms with Gasteiger partial charge in [0.2, 0.25) is 0 Å². The van der Waals surface area contributed by atoms with Gasteiger partial charge in [0.05, 0.1) is 11.1 Å². The topological polar surface area (TPSA) is 59.6 Å². The van der Waals surface area contributed by atoms with Crippen molar-refractivity contribution >= 4 is 39.2 Å². The van der Waals surface area contributed by atoms with Crippen LogP contribution in [0.4, 0.5) is 0 Å². The van der Waals surface area contributed by atoms with Crippen LogP contribution in [0.2, 0.25) is 0 Å². The number of halogens is 1. The van der Waals surface area contributed by atoms with Crippen molar-refractivity contribution in [3.63, 3.8) is 0 Å². The lowest BCUT2D eigenvalue weighted by Gasteiger charge is -2.10. The fraction of sp³-hybridized carbons (Fsp3) is 0.286. The molecule has 5 nitrogen and oxygen atoms in total. The highest BCUT2D eigenvalue weighted by Crippen LogP contribution is 2.25. The van der Waals surface area contributed by atoms with Gasteiger partial charge >= 0.3 is 0 Å². The maximum Gasteiger partial charge on any atom is 0.257 e. The van der Waals surface area contributed by atoms with E-state index in [2.05, 4.69) is 33.1 Å². The molecule has 0 saturated heterocycles. The molecule has 0 radical (unpaired) electrons. The standard InChI is InChI=1S/C14H17BrN2O3S/c1-3-6-16-14(21)17-13(18)10-4-5-12(11(15)9-10)20-8-7-19-2/h3-5,9H,1,6-8H2,2H3,(H2,16,17,18,21). The summed E-state index contributed by atoms with van der Waals surface area (Å²) in [4.78, 5) is 12.0. The second kappa shape index (κ2) is 9.49. The van der Waals surface area contributed by atoms with Crippen molar-refractivity contribution in [3.8, 4) is 5.75 Å². The minimum absolute atomic E-state index is 0.261. The predicted molar refractivity (Wildman–Crippen MR) is 89.8 cm³/mol. The first-order valence-corrected chi connectivity index (χ1v) is 7.40. The highest BCUT2D eigenvalue weighted by atomic mass is 79.9. The van der Waals surface area contributed by atoms with Crippen LogP contribution in [-0.2, 0) is 4.74 Å². The minimum atomic E-state index is -0.291. The van der Waals surface area contributed by atoms with E-state index >= 15 is 0 Å². The Kier molecular flexibility index (Phi) is 7.96. The minimum Gasteiger partial charge on any atom is -0.490 e. The van der Waals surface area contributed by atoms with Gasteiger partial charge < -0.3 is 14.8 Å².